The van der Waals surface area contributed by atoms with Crippen molar-refractivity contribution in [2.45, 2.75) is 247 Å². The van der Waals surface area contributed by atoms with Crippen LogP contribution in [0.25, 0.3) is 0 Å². The molecule has 0 radical (unpaired) electrons. The van der Waals surface area contributed by atoms with Crippen LogP contribution in [0.5, 0.6) is 0 Å². The molecule has 396 valence electrons. The zero-order valence-corrected chi connectivity index (χ0v) is 43.0. The molecule has 0 aliphatic heterocycles. The predicted octanol–water partition coefficient (Wildman–Crippen LogP) is 11.2. The third kappa shape index (κ3) is 8.27. The lowest BCUT2D eigenvalue weighted by molar-refractivity contribution is -0.175. The Kier molecular flexibility index (Phi) is 15.2. The predicted molar refractivity (Wildman–Crippen MR) is 274 cm³/mol. The fourth-order valence-electron chi connectivity index (χ4n) is 22.3. The third-order valence-electron chi connectivity index (χ3n) is 25.7. The monoisotopic (exact) mass is 973 g/mol. The highest BCUT2D eigenvalue weighted by Gasteiger charge is 2.66. The Morgan fingerprint density at radius 1 is 0.429 bits per heavy atom. The Morgan fingerprint density at radius 2 is 0.771 bits per heavy atom. The first kappa shape index (κ1) is 54.7. The molecule has 9 heteroatoms. The third-order valence-corrected chi connectivity index (χ3v) is 25.7. The molecule has 6 N–H and O–H groups in total. The maximum Gasteiger partial charge on any atom is 0.139 e. The maximum absolute atomic E-state index is 12.4. The van der Waals surface area contributed by atoms with Crippen molar-refractivity contribution in [3.63, 3.8) is 0 Å². The zero-order chi connectivity index (χ0) is 48.5. The average molecular weight is 973 g/mol. The van der Waals surface area contributed by atoms with Crippen LogP contribution in [0.3, 0.4) is 0 Å². The van der Waals surface area contributed by atoms with Crippen LogP contribution in [0.2, 0.25) is 0 Å². The Balaban J connectivity index is 0.000000139. The van der Waals surface area contributed by atoms with E-state index >= 15 is 0 Å². The lowest BCUT2D eigenvalue weighted by atomic mass is 9.44. The summed E-state index contributed by atoms with van der Waals surface area (Å²) in [6, 6.07) is 5.09. The first-order valence-electron chi connectivity index (χ1n) is 28.6. The van der Waals surface area contributed by atoms with Crippen molar-refractivity contribution in [3.05, 3.63) is 0 Å². The van der Waals surface area contributed by atoms with Crippen molar-refractivity contribution in [1.29, 1.82) is 10.5 Å². The summed E-state index contributed by atoms with van der Waals surface area (Å²) in [6.07, 6.45) is 22.8. The van der Waals surface area contributed by atoms with Gasteiger partial charge in [-0.25, -0.2) is 0 Å². The molecule has 12 aliphatic carbocycles. The van der Waals surface area contributed by atoms with E-state index in [0.29, 0.717) is 83.2 Å². The second kappa shape index (κ2) is 19.5. The van der Waals surface area contributed by atoms with E-state index in [9.17, 15) is 46.0 Å². The van der Waals surface area contributed by atoms with Crippen molar-refractivity contribution >= 4 is 5.78 Å². The summed E-state index contributed by atoms with van der Waals surface area (Å²) < 4.78 is 0. The van der Waals surface area contributed by atoms with Gasteiger partial charge in [0.1, 0.15) is 5.78 Å². The number of ketones is 1. The van der Waals surface area contributed by atoms with Gasteiger partial charge in [-0.15, -0.1) is 0 Å². The van der Waals surface area contributed by atoms with Crippen LogP contribution in [0, 0.1) is 138 Å². The van der Waals surface area contributed by atoms with E-state index in [2.05, 4.69) is 53.7 Å². The Bertz CT molecular complexity index is 1890. The molecular formula is C61H100N2O7. The van der Waals surface area contributed by atoms with E-state index in [1.807, 2.05) is 0 Å². The number of Topliss-reactive ketones (excluding diaryl/α,β-unsaturated/α-hetero) is 1. The number of aliphatic hydroxyl groups excluding tert-OH is 6. The van der Waals surface area contributed by atoms with Crippen molar-refractivity contribution in [2.24, 2.45) is 115 Å². The highest BCUT2D eigenvalue weighted by molar-refractivity contribution is 5.87. The van der Waals surface area contributed by atoms with Crippen molar-refractivity contribution in [1.82, 2.24) is 0 Å². The summed E-state index contributed by atoms with van der Waals surface area (Å²) in [5, 5.41) is 82.6. The molecule has 12 saturated carbocycles. The molecule has 12 rings (SSSR count). The van der Waals surface area contributed by atoms with Gasteiger partial charge < -0.3 is 30.6 Å². The SMILES string of the molecule is C.C.C[C@]12CC[C@@H](O)C[C@@H]1CC[C@@H]1[C@@H]2[C@@H](O)C[C@]2(C)C(=O)CC[C@@H]12.C[C@]12CC[C@@H](O)C[C@@H]1CC[C@@H]1[C@@H]2[C@@H](O)C[C@]2(C)[C@@H](C#N)CC[C@@H]12.C[C@]12CC[C@@H](O)C[C@@H]1CC[C@@H]1[C@@H]2[C@@H](O)C[C@]2(C)[C@H](C#N)CC[C@@H]12. The van der Waals surface area contributed by atoms with E-state index in [-0.39, 0.29) is 95.8 Å². The van der Waals surface area contributed by atoms with Crippen molar-refractivity contribution in [2.75, 3.05) is 0 Å². The average Bonchev–Trinajstić information content (AvgIpc) is 3.91. The summed E-state index contributed by atoms with van der Waals surface area (Å²) in [5.74, 6) is 6.82. The van der Waals surface area contributed by atoms with Gasteiger partial charge in [0.15, 0.2) is 0 Å². The number of hydrogen-bond donors (Lipinski definition) is 6. The molecule has 0 saturated heterocycles. The standard InChI is InChI=1S/2C20H31NO2.C19H30O3.2CH4/c2*1-19-8-7-14(22)9-12(19)3-5-15-16-6-4-13(11-21)20(16,2)10-17(23)18(15)19;1-18-8-7-12(20)9-11(18)3-4-13-14-5-6-16(22)19(14,2)10-15(21)17(13)18;;/h2*12-18,22-23H,3-10H2,1-2H3;11-15,17,20-21H,3-10H2,1-2H3;2*1H4/t12-,13+,14+,15-,16-,17-,18+,19-,20+;12-,13-,14+,15-,16-,17-,18+,19-,20+;11-,12+,13-,14-,15-,17+,18-,19-;;/m000../s1. The Hall–Kier alpha value is -1.59. The molecule has 0 aromatic carbocycles. The van der Waals surface area contributed by atoms with Gasteiger partial charge in [-0.3, -0.25) is 4.79 Å². The van der Waals surface area contributed by atoms with Crippen LogP contribution >= 0.6 is 0 Å². The smallest absolute Gasteiger partial charge is 0.139 e. The summed E-state index contributed by atoms with van der Waals surface area (Å²) in [7, 11) is 0. The molecule has 12 fully saturated rings. The molecule has 0 spiro atoms. The number of fused-ring (bicyclic) bond motifs is 15. The largest absolute Gasteiger partial charge is 0.393 e. The topological polar surface area (TPSA) is 186 Å². The van der Waals surface area contributed by atoms with Crippen molar-refractivity contribution in [3.8, 4) is 12.1 Å². The minimum atomic E-state index is -0.337. The second-order valence-corrected chi connectivity index (χ2v) is 28.2. The highest BCUT2D eigenvalue weighted by atomic mass is 16.3. The summed E-state index contributed by atoms with van der Waals surface area (Å²) in [4.78, 5) is 12.4. The maximum atomic E-state index is 12.4. The molecule has 0 bridgehead atoms. The van der Waals surface area contributed by atoms with Crippen LogP contribution in [0.1, 0.15) is 210 Å². The molecule has 26 atom stereocenters. The number of aliphatic hydroxyl groups is 6. The van der Waals surface area contributed by atoms with Crippen LogP contribution in [-0.4, -0.2) is 73.0 Å². The molecular weight excluding hydrogens is 873 g/mol. The van der Waals surface area contributed by atoms with Gasteiger partial charge in [0, 0.05) is 11.8 Å². The molecule has 0 amide bonds. The van der Waals surface area contributed by atoms with Crippen LogP contribution in [-0.2, 0) is 4.79 Å². The van der Waals surface area contributed by atoms with Gasteiger partial charge in [0.2, 0.25) is 0 Å². The van der Waals surface area contributed by atoms with Gasteiger partial charge >= 0.3 is 0 Å². The lowest BCUT2D eigenvalue weighted by Crippen LogP contribution is -2.59. The molecule has 9 nitrogen and oxygen atoms in total. The number of nitrogens with zero attached hydrogens (tertiary/aromatic N) is 2. The fourth-order valence-corrected chi connectivity index (χ4v) is 22.3. The zero-order valence-electron chi connectivity index (χ0n) is 43.0. The van der Waals surface area contributed by atoms with E-state index in [0.717, 1.165) is 103 Å². The number of rotatable bonds is 0. The summed E-state index contributed by atoms with van der Waals surface area (Å²) in [5.41, 5.74) is 0.313. The minimum Gasteiger partial charge on any atom is -0.393 e. The van der Waals surface area contributed by atoms with Crippen LogP contribution in [0.4, 0.5) is 0 Å². The molecule has 0 heterocycles. The van der Waals surface area contributed by atoms with Gasteiger partial charge in [-0.2, -0.15) is 10.5 Å². The van der Waals surface area contributed by atoms with Gasteiger partial charge in [0.05, 0.1) is 60.6 Å². The number of carbonyl (C=O) groups is 1. The molecule has 12 aliphatic rings. The highest BCUT2D eigenvalue weighted by Crippen LogP contribution is 2.70. The van der Waals surface area contributed by atoms with Gasteiger partial charge in [0.25, 0.3) is 0 Å². The van der Waals surface area contributed by atoms with E-state index < -0.39 is 0 Å². The van der Waals surface area contributed by atoms with E-state index in [4.69, 9.17) is 0 Å². The van der Waals surface area contributed by atoms with Gasteiger partial charge in [-0.1, -0.05) is 56.4 Å². The molecule has 0 unspecified atom stereocenters. The first-order chi connectivity index (χ1) is 32.2. The number of carbonyl (C=O) groups excluding carboxylic acids is 1. The minimum absolute atomic E-state index is 0. The van der Waals surface area contributed by atoms with Crippen LogP contribution < -0.4 is 0 Å². The normalized spacial score (nSPS) is 56.7. The number of nitriles is 2. The molecule has 0 aromatic rings. The Labute approximate surface area is 424 Å². The number of hydrogen-bond acceptors (Lipinski definition) is 9. The fraction of sp³-hybridized carbons (Fsp3) is 0.951. The van der Waals surface area contributed by atoms with E-state index in [1.165, 1.54) is 44.9 Å². The van der Waals surface area contributed by atoms with Gasteiger partial charge in [-0.05, 0) is 246 Å². The lowest BCUT2D eigenvalue weighted by Gasteiger charge is -2.62. The first-order valence-corrected chi connectivity index (χ1v) is 28.6. The summed E-state index contributed by atoms with van der Waals surface area (Å²) in [6.45, 7) is 13.8. The molecule has 70 heavy (non-hydrogen) atoms. The van der Waals surface area contributed by atoms with Crippen molar-refractivity contribution < 1.29 is 35.4 Å². The summed E-state index contributed by atoms with van der Waals surface area (Å²) >= 11 is 0. The Morgan fingerprint density at radius 3 is 1.13 bits per heavy atom. The quantitative estimate of drug-likeness (QED) is 0.137. The van der Waals surface area contributed by atoms with E-state index in [1.54, 1.807) is 0 Å². The van der Waals surface area contributed by atoms with Crippen LogP contribution in [0.15, 0.2) is 0 Å². The second-order valence-electron chi connectivity index (χ2n) is 28.2. The molecule has 0 aromatic heterocycles.